The molecule has 0 aromatic heterocycles. The lowest BCUT2D eigenvalue weighted by Crippen LogP contribution is -2.41. The van der Waals surface area contributed by atoms with Gasteiger partial charge in [-0.25, -0.2) is 4.79 Å². The van der Waals surface area contributed by atoms with Crippen LogP contribution in [0.4, 0.5) is 16.2 Å². The van der Waals surface area contributed by atoms with Crippen molar-refractivity contribution < 1.29 is 19.5 Å². The molecular formula is C19H27N3O4. The van der Waals surface area contributed by atoms with Crippen molar-refractivity contribution in [3.63, 3.8) is 0 Å². The molecule has 1 fully saturated rings. The van der Waals surface area contributed by atoms with E-state index in [2.05, 4.69) is 16.0 Å². The maximum Gasteiger partial charge on any atom is 0.319 e. The van der Waals surface area contributed by atoms with Gasteiger partial charge in [-0.15, -0.1) is 0 Å². The Hall–Kier alpha value is -2.57. The van der Waals surface area contributed by atoms with Crippen LogP contribution >= 0.6 is 0 Å². The molecule has 1 aromatic rings. The van der Waals surface area contributed by atoms with Gasteiger partial charge < -0.3 is 21.1 Å². The molecule has 0 aliphatic heterocycles. The number of rotatable bonds is 5. The summed E-state index contributed by atoms with van der Waals surface area (Å²) in [5.74, 6) is -1.28. The van der Waals surface area contributed by atoms with Gasteiger partial charge in [0, 0.05) is 23.3 Å². The van der Waals surface area contributed by atoms with Crippen LogP contribution in [0.5, 0.6) is 0 Å². The number of carboxylic acid groups (broad SMARTS) is 1. The molecule has 0 spiro atoms. The van der Waals surface area contributed by atoms with Crippen LogP contribution in [0, 0.1) is 18.8 Å². The first-order valence-corrected chi connectivity index (χ1v) is 8.98. The molecule has 26 heavy (non-hydrogen) atoms. The van der Waals surface area contributed by atoms with Crippen LogP contribution in [0.2, 0.25) is 0 Å². The SMILES string of the molecule is Cc1ccc(NC(=O)C(C)C)cc1NC(=O)NC1CCC(C(=O)O)CC1. The van der Waals surface area contributed by atoms with Crippen molar-refractivity contribution in [1.29, 1.82) is 0 Å². The average Bonchev–Trinajstić information content (AvgIpc) is 2.58. The van der Waals surface area contributed by atoms with Crippen LogP contribution in [0.1, 0.15) is 45.1 Å². The van der Waals surface area contributed by atoms with Crippen LogP contribution in [0.25, 0.3) is 0 Å². The van der Waals surface area contributed by atoms with E-state index in [4.69, 9.17) is 5.11 Å². The van der Waals surface area contributed by atoms with Crippen LogP contribution in [-0.2, 0) is 9.59 Å². The van der Waals surface area contributed by atoms with Crippen molar-refractivity contribution in [1.82, 2.24) is 5.32 Å². The molecule has 4 N–H and O–H groups in total. The predicted octanol–water partition coefficient (Wildman–Crippen LogP) is 3.35. The number of amides is 3. The standard InChI is InChI=1S/C19H27N3O4/c1-11(2)17(23)20-15-7-4-12(3)16(10-15)22-19(26)21-14-8-5-13(6-9-14)18(24)25/h4,7,10-11,13-14H,5-6,8-9H2,1-3H3,(H,20,23)(H,24,25)(H2,21,22,26). The average molecular weight is 361 g/mol. The summed E-state index contributed by atoms with van der Waals surface area (Å²) in [6.45, 7) is 5.51. The van der Waals surface area contributed by atoms with E-state index in [0.29, 0.717) is 37.1 Å². The number of aliphatic carboxylic acids is 1. The molecule has 1 saturated carbocycles. The van der Waals surface area contributed by atoms with E-state index in [1.165, 1.54) is 0 Å². The van der Waals surface area contributed by atoms with Crippen molar-refractivity contribution in [2.24, 2.45) is 11.8 Å². The van der Waals surface area contributed by atoms with Gasteiger partial charge in [0.05, 0.1) is 5.92 Å². The lowest BCUT2D eigenvalue weighted by atomic mass is 9.86. The molecular weight excluding hydrogens is 334 g/mol. The number of urea groups is 1. The van der Waals surface area contributed by atoms with E-state index < -0.39 is 5.97 Å². The summed E-state index contributed by atoms with van der Waals surface area (Å²) in [7, 11) is 0. The molecule has 3 amide bonds. The molecule has 1 aromatic carbocycles. The second-order valence-corrected chi connectivity index (χ2v) is 7.16. The zero-order chi connectivity index (χ0) is 19.3. The molecule has 2 rings (SSSR count). The predicted molar refractivity (Wildman–Crippen MR) is 100 cm³/mol. The fourth-order valence-corrected chi connectivity index (χ4v) is 2.95. The maximum atomic E-state index is 12.3. The first kappa shape index (κ1) is 19.8. The topological polar surface area (TPSA) is 108 Å². The Kier molecular flexibility index (Phi) is 6.60. The zero-order valence-electron chi connectivity index (χ0n) is 15.5. The summed E-state index contributed by atoms with van der Waals surface area (Å²) >= 11 is 0. The molecule has 0 atom stereocenters. The lowest BCUT2D eigenvalue weighted by Gasteiger charge is -2.27. The molecule has 0 bridgehead atoms. The number of benzene rings is 1. The Morgan fingerprint density at radius 1 is 1.08 bits per heavy atom. The molecule has 0 saturated heterocycles. The number of carboxylic acids is 1. The van der Waals surface area contributed by atoms with E-state index in [0.717, 1.165) is 5.56 Å². The van der Waals surface area contributed by atoms with Crippen molar-refractivity contribution in [2.45, 2.75) is 52.5 Å². The molecule has 1 aliphatic rings. The summed E-state index contributed by atoms with van der Waals surface area (Å²) in [5, 5.41) is 17.6. The van der Waals surface area contributed by atoms with Gasteiger partial charge in [-0.05, 0) is 50.3 Å². The van der Waals surface area contributed by atoms with Gasteiger partial charge >= 0.3 is 12.0 Å². The Morgan fingerprint density at radius 3 is 2.31 bits per heavy atom. The van der Waals surface area contributed by atoms with Crippen molar-refractivity contribution in [3.05, 3.63) is 23.8 Å². The Labute approximate surface area is 153 Å². The summed E-state index contributed by atoms with van der Waals surface area (Å²) in [6.07, 6.45) is 2.48. The number of anilines is 2. The van der Waals surface area contributed by atoms with Gasteiger partial charge in [-0.2, -0.15) is 0 Å². The molecule has 7 nitrogen and oxygen atoms in total. The minimum atomic E-state index is -0.760. The monoisotopic (exact) mass is 361 g/mol. The molecule has 142 valence electrons. The van der Waals surface area contributed by atoms with Gasteiger partial charge in [0.15, 0.2) is 0 Å². The third-order valence-corrected chi connectivity index (χ3v) is 4.69. The number of carbonyl (C=O) groups excluding carboxylic acids is 2. The largest absolute Gasteiger partial charge is 0.481 e. The minimum absolute atomic E-state index is 0.0188. The quantitative estimate of drug-likeness (QED) is 0.645. The number of carbonyl (C=O) groups is 3. The number of hydrogen-bond donors (Lipinski definition) is 4. The highest BCUT2D eigenvalue weighted by molar-refractivity contribution is 5.94. The van der Waals surface area contributed by atoms with Crippen molar-refractivity contribution in [3.8, 4) is 0 Å². The van der Waals surface area contributed by atoms with E-state index in [-0.39, 0.29) is 29.8 Å². The lowest BCUT2D eigenvalue weighted by molar-refractivity contribution is -0.142. The minimum Gasteiger partial charge on any atom is -0.481 e. The second-order valence-electron chi connectivity index (χ2n) is 7.16. The van der Waals surface area contributed by atoms with Crippen LogP contribution in [-0.4, -0.2) is 29.1 Å². The second kappa shape index (κ2) is 8.69. The molecule has 0 radical (unpaired) electrons. The number of aryl methyl sites for hydroxylation is 1. The van der Waals surface area contributed by atoms with Crippen molar-refractivity contribution in [2.75, 3.05) is 10.6 Å². The van der Waals surface area contributed by atoms with Crippen LogP contribution in [0.15, 0.2) is 18.2 Å². The zero-order valence-corrected chi connectivity index (χ0v) is 15.5. The molecule has 7 heteroatoms. The Morgan fingerprint density at radius 2 is 1.73 bits per heavy atom. The van der Waals surface area contributed by atoms with Crippen LogP contribution in [0.3, 0.4) is 0 Å². The van der Waals surface area contributed by atoms with E-state index in [9.17, 15) is 14.4 Å². The smallest absolute Gasteiger partial charge is 0.319 e. The van der Waals surface area contributed by atoms with E-state index in [1.54, 1.807) is 12.1 Å². The van der Waals surface area contributed by atoms with Gasteiger partial charge in [-0.1, -0.05) is 19.9 Å². The summed E-state index contributed by atoms with van der Waals surface area (Å²) in [6, 6.07) is 5.03. The maximum absolute atomic E-state index is 12.3. The van der Waals surface area contributed by atoms with E-state index >= 15 is 0 Å². The highest BCUT2D eigenvalue weighted by atomic mass is 16.4. The fourth-order valence-electron chi connectivity index (χ4n) is 2.95. The van der Waals surface area contributed by atoms with Gasteiger partial charge in [0.2, 0.25) is 5.91 Å². The molecule has 0 heterocycles. The molecule has 1 aliphatic carbocycles. The third kappa shape index (κ3) is 5.47. The molecule has 0 unspecified atom stereocenters. The Bertz CT molecular complexity index is 679. The summed E-state index contributed by atoms with van der Waals surface area (Å²) < 4.78 is 0. The van der Waals surface area contributed by atoms with Gasteiger partial charge in [0.25, 0.3) is 0 Å². The van der Waals surface area contributed by atoms with Crippen LogP contribution < -0.4 is 16.0 Å². The first-order valence-electron chi connectivity index (χ1n) is 8.98. The normalized spacial score (nSPS) is 19.7. The Balaban J connectivity index is 1.92. The highest BCUT2D eigenvalue weighted by Gasteiger charge is 2.26. The highest BCUT2D eigenvalue weighted by Crippen LogP contribution is 2.25. The van der Waals surface area contributed by atoms with Gasteiger partial charge in [0.1, 0.15) is 0 Å². The number of nitrogens with one attached hydrogen (secondary N) is 3. The van der Waals surface area contributed by atoms with E-state index in [1.807, 2.05) is 26.8 Å². The fraction of sp³-hybridized carbons (Fsp3) is 0.526. The van der Waals surface area contributed by atoms with Gasteiger partial charge in [-0.3, -0.25) is 9.59 Å². The third-order valence-electron chi connectivity index (χ3n) is 4.69. The number of hydrogen-bond acceptors (Lipinski definition) is 3. The first-order chi connectivity index (χ1) is 12.3. The summed E-state index contributed by atoms with van der Waals surface area (Å²) in [4.78, 5) is 35.1. The van der Waals surface area contributed by atoms with Crippen molar-refractivity contribution >= 4 is 29.3 Å². The summed E-state index contributed by atoms with van der Waals surface area (Å²) in [5.41, 5.74) is 2.15.